The Morgan fingerprint density at radius 3 is 2.78 bits per heavy atom. The highest BCUT2D eigenvalue weighted by atomic mass is 16.5. The first kappa shape index (κ1) is 11.6. The van der Waals surface area contributed by atoms with Crippen molar-refractivity contribution in [2.75, 3.05) is 20.2 Å². The molecule has 1 N–H and O–H groups in total. The summed E-state index contributed by atoms with van der Waals surface area (Å²) < 4.78 is 7.53. The summed E-state index contributed by atoms with van der Waals surface area (Å²) in [6.07, 6.45) is 4.77. The summed E-state index contributed by atoms with van der Waals surface area (Å²) in [6, 6.07) is 6.39. The van der Waals surface area contributed by atoms with Gasteiger partial charge in [-0.25, -0.2) is 0 Å². The van der Waals surface area contributed by atoms with Crippen molar-refractivity contribution in [2.24, 2.45) is 7.05 Å². The van der Waals surface area contributed by atoms with Gasteiger partial charge in [-0.15, -0.1) is 0 Å². The van der Waals surface area contributed by atoms with Crippen LogP contribution in [0.25, 0.3) is 10.9 Å². The van der Waals surface area contributed by atoms with Crippen LogP contribution in [-0.2, 0) is 7.05 Å². The Morgan fingerprint density at radius 1 is 1.28 bits per heavy atom. The molecule has 0 radical (unpaired) electrons. The predicted molar refractivity (Wildman–Crippen MR) is 74.3 cm³/mol. The van der Waals surface area contributed by atoms with E-state index in [0.717, 1.165) is 18.8 Å². The highest BCUT2D eigenvalue weighted by Crippen LogP contribution is 2.33. The molecule has 0 unspecified atom stereocenters. The van der Waals surface area contributed by atoms with Crippen LogP contribution in [0.1, 0.15) is 24.3 Å². The maximum Gasteiger partial charge on any atom is 0.120 e. The predicted octanol–water partition coefficient (Wildman–Crippen LogP) is 2.65. The summed E-state index contributed by atoms with van der Waals surface area (Å²) in [7, 11) is 3.84. The molecule has 3 heteroatoms. The average molecular weight is 244 g/mol. The highest BCUT2D eigenvalue weighted by Gasteiger charge is 2.19. The summed E-state index contributed by atoms with van der Waals surface area (Å²) in [4.78, 5) is 0. The molecule has 3 nitrogen and oxygen atoms in total. The van der Waals surface area contributed by atoms with Crippen LogP contribution in [0.15, 0.2) is 24.4 Å². The van der Waals surface area contributed by atoms with Gasteiger partial charge >= 0.3 is 0 Å². The molecule has 2 heterocycles. The molecule has 0 bridgehead atoms. The lowest BCUT2D eigenvalue weighted by atomic mass is 9.90. The Bertz CT molecular complexity index is 553. The lowest BCUT2D eigenvalue weighted by molar-refractivity contribution is 0.415. The van der Waals surface area contributed by atoms with Crippen LogP contribution in [0.2, 0.25) is 0 Å². The van der Waals surface area contributed by atoms with Gasteiger partial charge in [0.2, 0.25) is 0 Å². The van der Waals surface area contributed by atoms with Crippen molar-refractivity contribution in [2.45, 2.75) is 18.8 Å². The quantitative estimate of drug-likeness (QED) is 0.879. The Kier molecular flexibility index (Phi) is 3.00. The number of benzene rings is 1. The monoisotopic (exact) mass is 244 g/mol. The van der Waals surface area contributed by atoms with Crippen LogP contribution in [0, 0.1) is 0 Å². The molecule has 18 heavy (non-hydrogen) atoms. The third-order valence-corrected chi connectivity index (χ3v) is 4.01. The first-order valence-corrected chi connectivity index (χ1v) is 6.63. The van der Waals surface area contributed by atoms with Crippen LogP contribution < -0.4 is 10.1 Å². The van der Waals surface area contributed by atoms with Gasteiger partial charge in [0.15, 0.2) is 0 Å². The number of ether oxygens (including phenoxy) is 1. The van der Waals surface area contributed by atoms with Gasteiger partial charge in [0.1, 0.15) is 5.75 Å². The van der Waals surface area contributed by atoms with Crippen LogP contribution in [-0.4, -0.2) is 24.8 Å². The zero-order valence-electron chi connectivity index (χ0n) is 11.1. The summed E-state index contributed by atoms with van der Waals surface area (Å²) in [5.74, 6) is 1.63. The van der Waals surface area contributed by atoms with E-state index in [2.05, 4.69) is 41.3 Å². The molecule has 96 valence electrons. The first-order chi connectivity index (χ1) is 8.79. The SMILES string of the molecule is COc1ccc2c(C3CCNCC3)cn(C)c2c1. The van der Waals surface area contributed by atoms with E-state index in [0.29, 0.717) is 5.92 Å². The second-order valence-corrected chi connectivity index (χ2v) is 5.10. The van der Waals surface area contributed by atoms with Crippen molar-refractivity contribution in [1.29, 1.82) is 0 Å². The van der Waals surface area contributed by atoms with Crippen molar-refractivity contribution in [3.05, 3.63) is 30.0 Å². The number of methoxy groups -OCH3 is 1. The van der Waals surface area contributed by atoms with E-state index < -0.39 is 0 Å². The number of nitrogens with zero attached hydrogens (tertiary/aromatic N) is 1. The Balaban J connectivity index is 2.07. The minimum Gasteiger partial charge on any atom is -0.497 e. The topological polar surface area (TPSA) is 26.2 Å². The minimum absolute atomic E-state index is 0.698. The molecule has 0 amide bonds. The summed E-state index contributed by atoms with van der Waals surface area (Å²) >= 11 is 0. The van der Waals surface area contributed by atoms with Gasteiger partial charge in [0.25, 0.3) is 0 Å². The van der Waals surface area contributed by atoms with E-state index in [-0.39, 0.29) is 0 Å². The molecule has 1 aromatic carbocycles. The fourth-order valence-electron chi connectivity index (χ4n) is 2.98. The Hall–Kier alpha value is -1.48. The second-order valence-electron chi connectivity index (χ2n) is 5.10. The van der Waals surface area contributed by atoms with Gasteiger partial charge in [-0.05, 0) is 49.5 Å². The minimum atomic E-state index is 0.698. The second kappa shape index (κ2) is 4.65. The fraction of sp³-hybridized carbons (Fsp3) is 0.467. The number of aromatic nitrogens is 1. The summed E-state index contributed by atoms with van der Waals surface area (Å²) in [5, 5.41) is 4.81. The molecular weight excluding hydrogens is 224 g/mol. The molecular formula is C15H20N2O. The number of fused-ring (bicyclic) bond motifs is 1. The molecule has 3 rings (SSSR count). The average Bonchev–Trinajstić information content (AvgIpc) is 2.77. The number of nitrogens with one attached hydrogen (secondary N) is 1. The van der Waals surface area contributed by atoms with Gasteiger partial charge in [0.05, 0.1) is 12.6 Å². The molecule has 0 atom stereocenters. The molecule has 2 aromatic rings. The number of piperidine rings is 1. The van der Waals surface area contributed by atoms with Crippen LogP contribution in [0.5, 0.6) is 5.75 Å². The van der Waals surface area contributed by atoms with Crippen molar-refractivity contribution in [1.82, 2.24) is 9.88 Å². The van der Waals surface area contributed by atoms with E-state index in [4.69, 9.17) is 4.74 Å². The molecule has 1 fully saturated rings. The maximum atomic E-state index is 5.31. The molecule has 1 aliphatic rings. The van der Waals surface area contributed by atoms with Gasteiger partial charge in [-0.1, -0.05) is 0 Å². The van der Waals surface area contributed by atoms with Crippen molar-refractivity contribution < 1.29 is 4.74 Å². The van der Waals surface area contributed by atoms with E-state index in [9.17, 15) is 0 Å². The van der Waals surface area contributed by atoms with E-state index in [1.165, 1.54) is 29.3 Å². The van der Waals surface area contributed by atoms with E-state index in [1.807, 2.05) is 0 Å². The van der Waals surface area contributed by atoms with E-state index >= 15 is 0 Å². The Morgan fingerprint density at radius 2 is 2.06 bits per heavy atom. The largest absolute Gasteiger partial charge is 0.497 e. The van der Waals surface area contributed by atoms with Crippen molar-refractivity contribution in [3.63, 3.8) is 0 Å². The fourth-order valence-corrected chi connectivity index (χ4v) is 2.98. The van der Waals surface area contributed by atoms with Gasteiger partial charge in [0, 0.05) is 24.7 Å². The first-order valence-electron chi connectivity index (χ1n) is 6.63. The summed E-state index contributed by atoms with van der Waals surface area (Å²) in [6.45, 7) is 2.27. The van der Waals surface area contributed by atoms with Crippen molar-refractivity contribution in [3.8, 4) is 5.75 Å². The summed E-state index contributed by atoms with van der Waals surface area (Å²) in [5.41, 5.74) is 2.76. The highest BCUT2D eigenvalue weighted by molar-refractivity contribution is 5.85. The smallest absolute Gasteiger partial charge is 0.120 e. The zero-order chi connectivity index (χ0) is 12.5. The number of rotatable bonds is 2. The number of hydrogen-bond donors (Lipinski definition) is 1. The number of aryl methyl sites for hydroxylation is 1. The maximum absolute atomic E-state index is 5.31. The molecule has 0 saturated carbocycles. The number of hydrogen-bond acceptors (Lipinski definition) is 2. The van der Waals surface area contributed by atoms with Crippen molar-refractivity contribution >= 4 is 10.9 Å². The molecule has 1 saturated heterocycles. The van der Waals surface area contributed by atoms with Gasteiger partial charge < -0.3 is 14.6 Å². The Labute approximate surface area is 108 Å². The third-order valence-electron chi connectivity index (χ3n) is 4.01. The zero-order valence-corrected chi connectivity index (χ0v) is 11.1. The molecule has 0 aliphatic carbocycles. The lowest BCUT2D eigenvalue weighted by Gasteiger charge is -2.22. The van der Waals surface area contributed by atoms with Gasteiger partial charge in [-0.3, -0.25) is 0 Å². The van der Waals surface area contributed by atoms with E-state index in [1.54, 1.807) is 7.11 Å². The van der Waals surface area contributed by atoms with Crippen LogP contribution >= 0.6 is 0 Å². The molecule has 1 aliphatic heterocycles. The third kappa shape index (κ3) is 1.89. The molecule has 1 aromatic heterocycles. The lowest BCUT2D eigenvalue weighted by Crippen LogP contribution is -2.26. The van der Waals surface area contributed by atoms with Crippen LogP contribution in [0.4, 0.5) is 0 Å². The van der Waals surface area contributed by atoms with Crippen LogP contribution in [0.3, 0.4) is 0 Å². The van der Waals surface area contributed by atoms with Gasteiger partial charge in [-0.2, -0.15) is 0 Å². The normalized spacial score (nSPS) is 17.2. The molecule has 0 spiro atoms. The standard InChI is InChI=1S/C15H20N2O/c1-17-10-14(11-5-7-16-8-6-11)13-4-3-12(18-2)9-15(13)17/h3-4,9-11,16H,5-8H2,1-2H3.